The Kier molecular flexibility index (Phi) is 3.32. The normalized spacial score (nSPS) is 23.4. The van der Waals surface area contributed by atoms with Crippen LogP contribution in [0.4, 0.5) is 8.78 Å². The van der Waals surface area contributed by atoms with Crippen LogP contribution in [0.15, 0.2) is 12.1 Å². The van der Waals surface area contributed by atoms with Crippen molar-refractivity contribution in [2.75, 3.05) is 0 Å². The SMILES string of the molecule is CCc1ccc(C(=O)NC2(C(=O)O)CC3(CC(F)(F)C3)C2)s1. The predicted octanol–water partition coefficient (Wildman–Crippen LogP) is 3.07. The quantitative estimate of drug-likeness (QED) is 0.892. The Labute approximate surface area is 130 Å². The van der Waals surface area contributed by atoms with Gasteiger partial charge in [-0.3, -0.25) is 4.79 Å². The lowest BCUT2D eigenvalue weighted by Crippen LogP contribution is -2.70. The van der Waals surface area contributed by atoms with Gasteiger partial charge in [-0.1, -0.05) is 6.92 Å². The topological polar surface area (TPSA) is 66.4 Å². The molecule has 2 aliphatic rings. The van der Waals surface area contributed by atoms with Crippen LogP contribution in [0.3, 0.4) is 0 Å². The van der Waals surface area contributed by atoms with Gasteiger partial charge in [-0.2, -0.15) is 0 Å². The molecule has 0 unspecified atom stereocenters. The smallest absolute Gasteiger partial charge is 0.329 e. The van der Waals surface area contributed by atoms with E-state index < -0.39 is 28.8 Å². The molecule has 0 aliphatic heterocycles. The first-order chi connectivity index (χ1) is 10.2. The summed E-state index contributed by atoms with van der Waals surface area (Å²) in [5.41, 5.74) is -2.01. The Balaban J connectivity index is 1.69. The molecule has 3 rings (SSSR count). The van der Waals surface area contributed by atoms with Gasteiger partial charge in [0.2, 0.25) is 5.92 Å². The summed E-state index contributed by atoms with van der Waals surface area (Å²) in [6.07, 6.45) is 0.430. The highest BCUT2D eigenvalue weighted by atomic mass is 32.1. The molecule has 1 aromatic rings. The monoisotopic (exact) mass is 329 g/mol. The highest BCUT2D eigenvalue weighted by Gasteiger charge is 2.69. The predicted molar refractivity (Wildman–Crippen MR) is 77.4 cm³/mol. The second-order valence-electron chi connectivity index (χ2n) is 6.52. The lowest BCUT2D eigenvalue weighted by atomic mass is 9.47. The van der Waals surface area contributed by atoms with Crippen molar-refractivity contribution in [1.82, 2.24) is 5.32 Å². The number of alkyl halides is 2. The van der Waals surface area contributed by atoms with E-state index in [4.69, 9.17) is 0 Å². The van der Waals surface area contributed by atoms with Crippen molar-refractivity contribution < 1.29 is 23.5 Å². The number of thiophene rings is 1. The third-order valence-corrected chi connectivity index (χ3v) is 5.85. The molecule has 0 bridgehead atoms. The van der Waals surface area contributed by atoms with E-state index in [1.54, 1.807) is 6.07 Å². The summed E-state index contributed by atoms with van der Waals surface area (Å²) in [6.45, 7) is 1.97. The van der Waals surface area contributed by atoms with E-state index in [9.17, 15) is 23.5 Å². The fraction of sp³-hybridized carbons (Fsp3) is 0.600. The summed E-state index contributed by atoms with van der Waals surface area (Å²) >= 11 is 1.32. The van der Waals surface area contributed by atoms with Gasteiger partial charge >= 0.3 is 5.97 Å². The van der Waals surface area contributed by atoms with Gasteiger partial charge in [-0.05, 0) is 36.8 Å². The number of aryl methyl sites for hydroxylation is 1. The Bertz CT molecular complexity index is 624. The highest BCUT2D eigenvalue weighted by Crippen LogP contribution is 2.65. The van der Waals surface area contributed by atoms with Gasteiger partial charge in [0.05, 0.1) is 4.88 Å². The number of amides is 1. The molecule has 2 aliphatic carbocycles. The number of carbonyl (C=O) groups is 2. The van der Waals surface area contributed by atoms with E-state index in [2.05, 4.69) is 5.32 Å². The first-order valence-electron chi connectivity index (χ1n) is 7.22. The van der Waals surface area contributed by atoms with Crippen LogP contribution < -0.4 is 5.32 Å². The second kappa shape index (κ2) is 4.75. The molecule has 2 saturated carbocycles. The number of carbonyl (C=O) groups excluding carboxylic acids is 1. The number of carboxylic acids is 1. The molecule has 4 nitrogen and oxygen atoms in total. The Morgan fingerprint density at radius 1 is 1.27 bits per heavy atom. The lowest BCUT2D eigenvalue weighted by Gasteiger charge is -2.61. The van der Waals surface area contributed by atoms with E-state index in [-0.39, 0.29) is 25.7 Å². The van der Waals surface area contributed by atoms with Crippen molar-refractivity contribution in [2.45, 2.75) is 50.5 Å². The molecule has 2 N–H and O–H groups in total. The minimum atomic E-state index is -2.68. The Hall–Kier alpha value is -1.50. The maximum atomic E-state index is 13.0. The highest BCUT2D eigenvalue weighted by molar-refractivity contribution is 7.14. The van der Waals surface area contributed by atoms with E-state index in [0.29, 0.717) is 4.88 Å². The molecule has 0 saturated heterocycles. The number of nitrogens with one attached hydrogen (secondary N) is 1. The largest absolute Gasteiger partial charge is 0.480 e. The van der Waals surface area contributed by atoms with Crippen molar-refractivity contribution in [3.8, 4) is 0 Å². The fourth-order valence-corrected chi connectivity index (χ4v) is 4.63. The number of hydrogen-bond donors (Lipinski definition) is 2. The molecule has 0 atom stereocenters. The van der Waals surface area contributed by atoms with Gasteiger partial charge in [0, 0.05) is 17.7 Å². The number of halogens is 2. The average Bonchev–Trinajstić information content (AvgIpc) is 2.82. The number of carboxylic acid groups (broad SMARTS) is 1. The molecule has 7 heteroatoms. The molecule has 120 valence electrons. The summed E-state index contributed by atoms with van der Waals surface area (Å²) in [6, 6.07) is 3.50. The minimum absolute atomic E-state index is 0.0860. The maximum Gasteiger partial charge on any atom is 0.329 e. The summed E-state index contributed by atoms with van der Waals surface area (Å²) in [5.74, 6) is -4.26. The third-order valence-electron chi connectivity index (χ3n) is 4.62. The summed E-state index contributed by atoms with van der Waals surface area (Å²) < 4.78 is 26.1. The van der Waals surface area contributed by atoms with Crippen LogP contribution in [-0.4, -0.2) is 28.4 Å². The van der Waals surface area contributed by atoms with Crippen LogP contribution in [-0.2, 0) is 11.2 Å². The van der Waals surface area contributed by atoms with Crippen LogP contribution in [0.25, 0.3) is 0 Å². The maximum absolute atomic E-state index is 13.0. The zero-order chi connectivity index (χ0) is 16.2. The van der Waals surface area contributed by atoms with Crippen molar-refractivity contribution in [3.63, 3.8) is 0 Å². The summed E-state index contributed by atoms with van der Waals surface area (Å²) in [4.78, 5) is 25.2. The molecule has 1 aromatic heterocycles. The number of aliphatic carboxylic acids is 1. The molecule has 1 amide bonds. The Morgan fingerprint density at radius 3 is 2.36 bits per heavy atom. The molecule has 1 spiro atoms. The van der Waals surface area contributed by atoms with Gasteiger partial charge in [-0.15, -0.1) is 11.3 Å². The van der Waals surface area contributed by atoms with Gasteiger partial charge < -0.3 is 10.4 Å². The van der Waals surface area contributed by atoms with Crippen molar-refractivity contribution in [1.29, 1.82) is 0 Å². The fourth-order valence-electron chi connectivity index (χ4n) is 3.79. The van der Waals surface area contributed by atoms with E-state index in [0.717, 1.165) is 11.3 Å². The minimum Gasteiger partial charge on any atom is -0.480 e. The summed E-state index contributed by atoms with van der Waals surface area (Å²) in [5, 5.41) is 12.0. The molecule has 0 radical (unpaired) electrons. The van der Waals surface area contributed by atoms with Gasteiger partial charge in [0.25, 0.3) is 5.91 Å². The van der Waals surface area contributed by atoms with Crippen molar-refractivity contribution in [2.24, 2.45) is 5.41 Å². The molecule has 1 heterocycles. The molecule has 0 aromatic carbocycles. The van der Waals surface area contributed by atoms with Crippen LogP contribution in [0, 0.1) is 5.41 Å². The van der Waals surface area contributed by atoms with Crippen molar-refractivity contribution in [3.05, 3.63) is 21.9 Å². The molecule has 2 fully saturated rings. The summed E-state index contributed by atoms with van der Waals surface area (Å²) in [7, 11) is 0. The third kappa shape index (κ3) is 2.41. The van der Waals surface area contributed by atoms with Gasteiger partial charge in [0.15, 0.2) is 0 Å². The van der Waals surface area contributed by atoms with Crippen molar-refractivity contribution >= 4 is 23.2 Å². The molecular weight excluding hydrogens is 312 g/mol. The standard InChI is InChI=1S/C15H17F2NO3S/c1-2-9-3-4-10(22-9)11(19)18-14(12(20)21)5-13(6-14)7-15(16,17)8-13/h3-4H,2,5-8H2,1H3,(H,18,19)(H,20,21). The zero-order valence-electron chi connectivity index (χ0n) is 12.1. The molecule has 22 heavy (non-hydrogen) atoms. The van der Waals surface area contributed by atoms with Gasteiger partial charge in [0.1, 0.15) is 5.54 Å². The van der Waals surface area contributed by atoms with Gasteiger partial charge in [-0.25, -0.2) is 13.6 Å². The first-order valence-corrected chi connectivity index (χ1v) is 8.03. The zero-order valence-corrected chi connectivity index (χ0v) is 12.9. The van der Waals surface area contributed by atoms with Crippen LogP contribution in [0.5, 0.6) is 0 Å². The average molecular weight is 329 g/mol. The second-order valence-corrected chi connectivity index (χ2v) is 7.69. The lowest BCUT2D eigenvalue weighted by molar-refractivity contribution is -0.220. The molecular formula is C15H17F2NO3S. The van der Waals surface area contributed by atoms with Crippen LogP contribution in [0.2, 0.25) is 0 Å². The van der Waals surface area contributed by atoms with E-state index in [1.807, 2.05) is 13.0 Å². The van der Waals surface area contributed by atoms with Crippen LogP contribution in [0.1, 0.15) is 47.2 Å². The first kappa shape index (κ1) is 15.4. The number of hydrogen-bond acceptors (Lipinski definition) is 3. The van der Waals surface area contributed by atoms with Crippen LogP contribution >= 0.6 is 11.3 Å². The van der Waals surface area contributed by atoms with E-state index in [1.165, 1.54) is 11.3 Å². The number of rotatable bonds is 4. The Morgan fingerprint density at radius 2 is 1.91 bits per heavy atom. The van der Waals surface area contributed by atoms with E-state index >= 15 is 0 Å².